The van der Waals surface area contributed by atoms with Crippen LogP contribution in [0.1, 0.15) is 26.4 Å². The molecule has 3 rings (SSSR count). The van der Waals surface area contributed by atoms with E-state index in [1.165, 1.54) is 36.4 Å². The fourth-order valence-electron chi connectivity index (χ4n) is 2.46. The molecule has 2 N–H and O–H groups in total. The predicted octanol–water partition coefficient (Wildman–Crippen LogP) is 4.50. The number of hydrogen-bond donors (Lipinski definition) is 2. The summed E-state index contributed by atoms with van der Waals surface area (Å²) in [5.74, 6) is -2.15. The molecule has 28 heavy (non-hydrogen) atoms. The van der Waals surface area contributed by atoms with E-state index in [-0.39, 0.29) is 5.69 Å². The number of amides is 1. The molecule has 6 nitrogen and oxygen atoms in total. The molecule has 0 saturated carbocycles. The molecule has 0 saturated heterocycles. The average molecular weight is 410 g/mol. The summed E-state index contributed by atoms with van der Waals surface area (Å²) in [5.41, 5.74) is -1.66. The Morgan fingerprint density at radius 3 is 2.18 bits per heavy atom. The second kappa shape index (κ2) is 7.35. The van der Waals surface area contributed by atoms with Crippen molar-refractivity contribution in [1.82, 2.24) is 9.78 Å². The summed E-state index contributed by atoms with van der Waals surface area (Å²) < 4.78 is 40.3. The summed E-state index contributed by atoms with van der Waals surface area (Å²) in [6, 6.07) is 11.5. The van der Waals surface area contributed by atoms with Crippen molar-refractivity contribution in [2.75, 3.05) is 5.32 Å². The smallest absolute Gasteiger partial charge is 0.434 e. The lowest BCUT2D eigenvalue weighted by Crippen LogP contribution is -2.17. The number of halogens is 4. The minimum atomic E-state index is -4.91. The maximum absolute atomic E-state index is 13.3. The van der Waals surface area contributed by atoms with Crippen molar-refractivity contribution in [1.29, 1.82) is 0 Å². The van der Waals surface area contributed by atoms with Crippen LogP contribution in [0, 0.1) is 0 Å². The Kier molecular flexibility index (Phi) is 5.10. The number of aromatic nitrogens is 2. The van der Waals surface area contributed by atoms with E-state index in [4.69, 9.17) is 16.7 Å². The summed E-state index contributed by atoms with van der Waals surface area (Å²) in [6.45, 7) is 0. The highest BCUT2D eigenvalue weighted by Gasteiger charge is 2.40. The van der Waals surface area contributed by atoms with E-state index in [1.54, 1.807) is 12.1 Å². The van der Waals surface area contributed by atoms with Crippen LogP contribution in [0.3, 0.4) is 0 Å². The van der Waals surface area contributed by atoms with Crippen LogP contribution in [0.2, 0.25) is 5.02 Å². The van der Waals surface area contributed by atoms with Gasteiger partial charge in [-0.2, -0.15) is 18.3 Å². The summed E-state index contributed by atoms with van der Waals surface area (Å²) >= 11 is 5.76. The molecule has 0 radical (unpaired) electrons. The molecule has 0 aliphatic rings. The van der Waals surface area contributed by atoms with Gasteiger partial charge in [0.25, 0.3) is 5.91 Å². The van der Waals surface area contributed by atoms with Gasteiger partial charge in [-0.25, -0.2) is 9.48 Å². The highest BCUT2D eigenvalue weighted by Crippen LogP contribution is 2.33. The predicted molar refractivity (Wildman–Crippen MR) is 94.9 cm³/mol. The number of hydrogen-bond acceptors (Lipinski definition) is 3. The highest BCUT2D eigenvalue weighted by molar-refractivity contribution is 6.30. The van der Waals surface area contributed by atoms with Gasteiger partial charge >= 0.3 is 12.1 Å². The van der Waals surface area contributed by atoms with E-state index < -0.39 is 29.3 Å². The standard InChI is InChI=1S/C18H11ClF3N3O3/c19-11-3-1-10(2-4-11)16(26)24-12-5-7-13(8-6-12)25-15(18(20,21)22)14(9-23-25)17(27)28/h1-9H,(H,24,26)(H,27,28). The van der Waals surface area contributed by atoms with Crippen molar-refractivity contribution < 1.29 is 27.9 Å². The van der Waals surface area contributed by atoms with E-state index in [0.29, 0.717) is 27.2 Å². The Balaban J connectivity index is 1.86. The van der Waals surface area contributed by atoms with Crippen molar-refractivity contribution in [3.8, 4) is 5.69 Å². The normalized spacial score (nSPS) is 11.3. The van der Waals surface area contributed by atoms with Crippen LogP contribution in [0.4, 0.5) is 18.9 Å². The molecular formula is C18H11ClF3N3O3. The number of nitrogens with zero attached hydrogens (tertiary/aromatic N) is 2. The van der Waals surface area contributed by atoms with E-state index in [0.717, 1.165) is 0 Å². The van der Waals surface area contributed by atoms with Gasteiger partial charge in [-0.15, -0.1) is 0 Å². The first kappa shape index (κ1) is 19.4. The molecule has 0 atom stereocenters. The maximum Gasteiger partial charge on any atom is 0.434 e. The third-order valence-electron chi connectivity index (χ3n) is 3.74. The Morgan fingerprint density at radius 2 is 1.64 bits per heavy atom. The molecule has 144 valence electrons. The number of carboxylic acids is 1. The van der Waals surface area contributed by atoms with E-state index in [9.17, 15) is 22.8 Å². The average Bonchev–Trinajstić information content (AvgIpc) is 3.09. The zero-order chi connectivity index (χ0) is 20.5. The van der Waals surface area contributed by atoms with E-state index >= 15 is 0 Å². The zero-order valence-corrected chi connectivity index (χ0v) is 14.6. The summed E-state index contributed by atoms with van der Waals surface area (Å²) in [5, 5.41) is 15.6. The van der Waals surface area contributed by atoms with Crippen molar-refractivity contribution in [2.45, 2.75) is 6.18 Å². The second-order valence-corrected chi connectivity index (χ2v) is 6.07. The molecule has 0 spiro atoms. The number of benzene rings is 2. The minimum Gasteiger partial charge on any atom is -0.478 e. The first-order chi connectivity index (χ1) is 13.2. The number of carbonyl (C=O) groups is 2. The van der Waals surface area contributed by atoms with Gasteiger partial charge in [-0.3, -0.25) is 4.79 Å². The Morgan fingerprint density at radius 1 is 1.04 bits per heavy atom. The van der Waals surface area contributed by atoms with Crippen molar-refractivity contribution in [3.63, 3.8) is 0 Å². The topological polar surface area (TPSA) is 84.2 Å². The van der Waals surface area contributed by atoms with Crippen LogP contribution in [-0.4, -0.2) is 26.8 Å². The SMILES string of the molecule is O=C(Nc1ccc(-n2ncc(C(=O)O)c2C(F)(F)F)cc1)c1ccc(Cl)cc1. The monoisotopic (exact) mass is 409 g/mol. The highest BCUT2D eigenvalue weighted by atomic mass is 35.5. The molecule has 3 aromatic rings. The molecule has 0 fully saturated rings. The van der Waals surface area contributed by atoms with Gasteiger partial charge in [0.15, 0.2) is 5.69 Å². The van der Waals surface area contributed by atoms with Gasteiger partial charge in [0.05, 0.1) is 11.9 Å². The lowest BCUT2D eigenvalue weighted by Gasteiger charge is -2.12. The molecule has 10 heteroatoms. The molecule has 2 aromatic carbocycles. The second-order valence-electron chi connectivity index (χ2n) is 5.63. The van der Waals surface area contributed by atoms with Crippen LogP contribution in [0.15, 0.2) is 54.7 Å². The third kappa shape index (κ3) is 3.99. The minimum absolute atomic E-state index is 0.00989. The zero-order valence-electron chi connectivity index (χ0n) is 13.9. The van der Waals surface area contributed by atoms with Gasteiger partial charge < -0.3 is 10.4 Å². The lowest BCUT2D eigenvalue weighted by atomic mass is 10.2. The maximum atomic E-state index is 13.3. The number of nitrogens with one attached hydrogen (secondary N) is 1. The van der Waals surface area contributed by atoms with E-state index in [2.05, 4.69) is 10.4 Å². The van der Waals surface area contributed by atoms with Gasteiger partial charge in [-0.1, -0.05) is 11.6 Å². The molecule has 0 unspecified atom stereocenters. The third-order valence-corrected chi connectivity index (χ3v) is 4.00. The van der Waals surface area contributed by atoms with Crippen LogP contribution >= 0.6 is 11.6 Å². The number of aromatic carboxylic acids is 1. The van der Waals surface area contributed by atoms with Crippen LogP contribution in [-0.2, 0) is 6.18 Å². The number of rotatable bonds is 4. The van der Waals surface area contributed by atoms with Crippen molar-refractivity contribution in [3.05, 3.63) is 76.6 Å². The van der Waals surface area contributed by atoms with E-state index in [1.807, 2.05) is 0 Å². The summed E-state index contributed by atoms with van der Waals surface area (Å²) in [7, 11) is 0. The molecule has 0 aliphatic carbocycles. The Hall–Kier alpha value is -3.33. The molecule has 1 aromatic heterocycles. The fourth-order valence-corrected chi connectivity index (χ4v) is 2.59. The lowest BCUT2D eigenvalue weighted by molar-refractivity contribution is -0.143. The molecule has 0 aliphatic heterocycles. The van der Waals surface area contributed by atoms with Gasteiger partial charge in [0, 0.05) is 16.3 Å². The number of alkyl halides is 3. The van der Waals surface area contributed by atoms with Crippen molar-refractivity contribution >= 4 is 29.2 Å². The van der Waals surface area contributed by atoms with Crippen LogP contribution < -0.4 is 5.32 Å². The van der Waals surface area contributed by atoms with Crippen molar-refractivity contribution in [2.24, 2.45) is 0 Å². The summed E-state index contributed by atoms with van der Waals surface area (Å²) in [6.07, 6.45) is -4.27. The molecule has 0 bridgehead atoms. The first-order valence-electron chi connectivity index (χ1n) is 7.72. The fraction of sp³-hybridized carbons (Fsp3) is 0.0556. The Labute approximate surface area is 161 Å². The van der Waals surface area contributed by atoms with Gasteiger partial charge in [0.1, 0.15) is 5.56 Å². The van der Waals surface area contributed by atoms with Crippen LogP contribution in [0.5, 0.6) is 0 Å². The van der Waals surface area contributed by atoms with Crippen LogP contribution in [0.25, 0.3) is 5.69 Å². The number of anilines is 1. The molecule has 1 amide bonds. The number of carboxylic acid groups (broad SMARTS) is 1. The number of carbonyl (C=O) groups excluding carboxylic acids is 1. The quantitative estimate of drug-likeness (QED) is 0.664. The van der Waals surface area contributed by atoms with Gasteiger partial charge in [-0.05, 0) is 48.5 Å². The molecule has 1 heterocycles. The largest absolute Gasteiger partial charge is 0.478 e. The Bertz CT molecular complexity index is 1030. The molecular weight excluding hydrogens is 399 g/mol. The first-order valence-corrected chi connectivity index (χ1v) is 8.10. The van der Waals surface area contributed by atoms with Gasteiger partial charge in [0.2, 0.25) is 0 Å². The summed E-state index contributed by atoms with van der Waals surface area (Å²) in [4.78, 5) is 23.2.